The Balaban J connectivity index is 1.55. The molecule has 0 spiro atoms. The fraction of sp³-hybridized carbons (Fsp3) is 0.500. The van der Waals surface area contributed by atoms with E-state index in [1.54, 1.807) is 30.1 Å². The summed E-state index contributed by atoms with van der Waals surface area (Å²) in [4.78, 5) is 18.7. The maximum atomic E-state index is 13.7. The molecule has 0 bridgehead atoms. The highest BCUT2D eigenvalue weighted by molar-refractivity contribution is 5.36. The van der Waals surface area contributed by atoms with Gasteiger partial charge >= 0.3 is 0 Å². The Morgan fingerprint density at radius 3 is 3.00 bits per heavy atom. The molecule has 0 aliphatic carbocycles. The van der Waals surface area contributed by atoms with Crippen LogP contribution in [0.15, 0.2) is 41.5 Å². The highest BCUT2D eigenvalue weighted by atomic mass is 19.1. The number of anilines is 1. The van der Waals surface area contributed by atoms with Crippen LogP contribution in [0.5, 0.6) is 0 Å². The highest BCUT2D eigenvalue weighted by Gasteiger charge is 2.23. The molecule has 5 nitrogen and oxygen atoms in total. The van der Waals surface area contributed by atoms with Crippen LogP contribution in [0.1, 0.15) is 31.7 Å². The molecule has 1 aliphatic rings. The third-order valence-electron chi connectivity index (χ3n) is 5.04. The molecule has 3 rings (SSSR count). The van der Waals surface area contributed by atoms with E-state index in [1.807, 2.05) is 12.1 Å². The lowest BCUT2D eigenvalue weighted by molar-refractivity contribution is 0.371. The molecule has 0 amide bonds. The van der Waals surface area contributed by atoms with Crippen LogP contribution in [-0.4, -0.2) is 34.7 Å². The fourth-order valence-corrected chi connectivity index (χ4v) is 3.57. The van der Waals surface area contributed by atoms with Crippen LogP contribution in [-0.2, 0) is 13.5 Å². The molecule has 1 aliphatic heterocycles. The Labute approximate surface area is 153 Å². The lowest BCUT2D eigenvalue weighted by atomic mass is 10.0. The van der Waals surface area contributed by atoms with Crippen LogP contribution in [0.3, 0.4) is 0 Å². The third-order valence-corrected chi connectivity index (χ3v) is 5.04. The van der Waals surface area contributed by atoms with Gasteiger partial charge in [0, 0.05) is 44.6 Å². The van der Waals surface area contributed by atoms with Gasteiger partial charge in [-0.25, -0.2) is 9.37 Å². The van der Waals surface area contributed by atoms with Crippen molar-refractivity contribution < 1.29 is 4.39 Å². The summed E-state index contributed by atoms with van der Waals surface area (Å²) in [5.74, 6) is 0.398. The molecule has 1 aromatic heterocycles. The molecule has 140 valence electrons. The zero-order valence-corrected chi connectivity index (χ0v) is 15.5. The summed E-state index contributed by atoms with van der Waals surface area (Å²) in [7, 11) is 1.75. The van der Waals surface area contributed by atoms with Crippen LogP contribution in [0.4, 0.5) is 10.2 Å². The minimum atomic E-state index is -0.130. The van der Waals surface area contributed by atoms with Crippen LogP contribution >= 0.6 is 0 Å². The van der Waals surface area contributed by atoms with Gasteiger partial charge in [-0.05, 0) is 44.2 Å². The number of aryl methyl sites for hydroxylation is 2. The minimum Gasteiger partial charge on any atom is -0.350 e. The second-order valence-corrected chi connectivity index (χ2v) is 7.15. The summed E-state index contributed by atoms with van der Waals surface area (Å²) in [5, 5.41) is 3.64. The molecule has 2 aromatic rings. The Morgan fingerprint density at radius 2 is 2.19 bits per heavy atom. The van der Waals surface area contributed by atoms with Crippen LogP contribution < -0.4 is 15.8 Å². The average Bonchev–Trinajstić information content (AvgIpc) is 2.63. The zero-order chi connectivity index (χ0) is 18.5. The van der Waals surface area contributed by atoms with Gasteiger partial charge in [-0.3, -0.25) is 4.79 Å². The van der Waals surface area contributed by atoms with E-state index >= 15 is 0 Å². The Hall–Kier alpha value is -2.21. The normalized spacial score (nSPS) is 18.7. The summed E-state index contributed by atoms with van der Waals surface area (Å²) >= 11 is 0. The van der Waals surface area contributed by atoms with Gasteiger partial charge < -0.3 is 14.8 Å². The molecule has 0 saturated carbocycles. The van der Waals surface area contributed by atoms with Crippen molar-refractivity contribution in [1.29, 1.82) is 0 Å². The Morgan fingerprint density at radius 1 is 1.38 bits per heavy atom. The maximum Gasteiger partial charge on any atom is 0.293 e. The van der Waals surface area contributed by atoms with Gasteiger partial charge in [0.1, 0.15) is 5.82 Å². The van der Waals surface area contributed by atoms with Gasteiger partial charge in [0.15, 0.2) is 5.82 Å². The largest absolute Gasteiger partial charge is 0.350 e. The smallest absolute Gasteiger partial charge is 0.293 e. The number of benzene rings is 1. The molecule has 1 aromatic carbocycles. The van der Waals surface area contributed by atoms with Crippen LogP contribution in [0.25, 0.3) is 0 Å². The van der Waals surface area contributed by atoms with Gasteiger partial charge in [-0.15, -0.1) is 0 Å². The summed E-state index contributed by atoms with van der Waals surface area (Å²) in [6.07, 6.45) is 7.05. The predicted octanol–water partition coefficient (Wildman–Crippen LogP) is 2.50. The van der Waals surface area contributed by atoms with Crippen LogP contribution in [0, 0.1) is 5.82 Å². The van der Waals surface area contributed by atoms with E-state index in [-0.39, 0.29) is 17.4 Å². The lowest BCUT2D eigenvalue weighted by Crippen LogP contribution is -2.50. The van der Waals surface area contributed by atoms with Gasteiger partial charge in [-0.2, -0.15) is 0 Å². The number of hydrogen-bond donors (Lipinski definition) is 1. The molecule has 1 fully saturated rings. The first-order valence-corrected chi connectivity index (χ1v) is 9.30. The second-order valence-electron chi connectivity index (χ2n) is 7.15. The predicted molar refractivity (Wildman–Crippen MR) is 102 cm³/mol. The molecule has 6 heteroatoms. The number of piperidine rings is 1. The molecule has 2 unspecified atom stereocenters. The van der Waals surface area contributed by atoms with Crippen molar-refractivity contribution in [2.24, 2.45) is 7.05 Å². The molecular weight excluding hydrogens is 331 g/mol. The second kappa shape index (κ2) is 8.45. The van der Waals surface area contributed by atoms with Crippen molar-refractivity contribution in [3.63, 3.8) is 0 Å². The van der Waals surface area contributed by atoms with Crippen molar-refractivity contribution in [3.05, 3.63) is 58.4 Å². The molecule has 1 saturated heterocycles. The maximum absolute atomic E-state index is 13.7. The van der Waals surface area contributed by atoms with Crippen molar-refractivity contribution in [3.8, 4) is 0 Å². The molecule has 2 atom stereocenters. The van der Waals surface area contributed by atoms with Crippen molar-refractivity contribution in [2.45, 2.75) is 44.7 Å². The molecular formula is C20H27FN4O. The standard InChI is InChI=1S/C20H27FN4O/c1-15(9-10-16-6-3-4-8-18(16)21)23-17-7-5-12-25(14-17)19-20(26)24(2)13-11-22-19/h3-4,6,8,11,13,15,17,23H,5,7,9-10,12,14H2,1-2H3. The number of halogens is 1. The summed E-state index contributed by atoms with van der Waals surface area (Å²) in [6.45, 7) is 3.77. The van der Waals surface area contributed by atoms with E-state index < -0.39 is 0 Å². The Kier molecular flexibility index (Phi) is 6.04. The number of rotatable bonds is 6. The monoisotopic (exact) mass is 358 g/mol. The van der Waals surface area contributed by atoms with Gasteiger partial charge in [0.2, 0.25) is 0 Å². The highest BCUT2D eigenvalue weighted by Crippen LogP contribution is 2.16. The summed E-state index contributed by atoms with van der Waals surface area (Å²) < 4.78 is 15.3. The van der Waals surface area contributed by atoms with Gasteiger partial charge in [-0.1, -0.05) is 18.2 Å². The van der Waals surface area contributed by atoms with Gasteiger partial charge in [0.05, 0.1) is 0 Å². The molecule has 26 heavy (non-hydrogen) atoms. The van der Waals surface area contributed by atoms with Crippen molar-refractivity contribution in [2.75, 3.05) is 18.0 Å². The zero-order valence-electron chi connectivity index (χ0n) is 15.5. The van der Waals surface area contributed by atoms with E-state index in [0.717, 1.165) is 44.3 Å². The van der Waals surface area contributed by atoms with Crippen molar-refractivity contribution >= 4 is 5.82 Å². The quantitative estimate of drug-likeness (QED) is 0.862. The summed E-state index contributed by atoms with van der Waals surface area (Å²) in [6, 6.07) is 7.56. The van der Waals surface area contributed by atoms with E-state index in [2.05, 4.69) is 22.1 Å². The summed E-state index contributed by atoms with van der Waals surface area (Å²) in [5.41, 5.74) is 0.712. The number of nitrogens with one attached hydrogen (secondary N) is 1. The molecule has 2 heterocycles. The SMILES string of the molecule is CC(CCc1ccccc1F)NC1CCCN(c2nccn(C)c2=O)C1. The Bertz CT molecular complexity index is 791. The van der Waals surface area contributed by atoms with E-state index in [4.69, 9.17) is 0 Å². The van der Waals surface area contributed by atoms with Crippen LogP contribution in [0.2, 0.25) is 0 Å². The van der Waals surface area contributed by atoms with E-state index in [1.165, 1.54) is 6.07 Å². The minimum absolute atomic E-state index is 0.0549. The third kappa shape index (κ3) is 4.49. The topological polar surface area (TPSA) is 50.2 Å². The number of aromatic nitrogens is 2. The first kappa shape index (κ1) is 18.6. The van der Waals surface area contributed by atoms with E-state index in [0.29, 0.717) is 11.9 Å². The molecule has 0 radical (unpaired) electrons. The average molecular weight is 358 g/mol. The molecule has 1 N–H and O–H groups in total. The fourth-order valence-electron chi connectivity index (χ4n) is 3.57. The first-order valence-electron chi connectivity index (χ1n) is 9.30. The van der Waals surface area contributed by atoms with Gasteiger partial charge in [0.25, 0.3) is 5.56 Å². The number of hydrogen-bond acceptors (Lipinski definition) is 4. The van der Waals surface area contributed by atoms with E-state index in [9.17, 15) is 9.18 Å². The lowest BCUT2D eigenvalue weighted by Gasteiger charge is -2.35. The van der Waals surface area contributed by atoms with Crippen molar-refractivity contribution in [1.82, 2.24) is 14.9 Å². The first-order chi connectivity index (χ1) is 12.5. The number of nitrogens with zero attached hydrogens (tertiary/aromatic N) is 3.